The van der Waals surface area contributed by atoms with Gasteiger partial charge in [-0.1, -0.05) is 12.1 Å². The zero-order valence-electron chi connectivity index (χ0n) is 13.2. The van der Waals surface area contributed by atoms with Gasteiger partial charge in [-0.15, -0.1) is 0 Å². The normalized spacial score (nSPS) is 17.1. The maximum atomic E-state index is 12.4. The first kappa shape index (κ1) is 17.8. The van der Waals surface area contributed by atoms with Crippen molar-refractivity contribution >= 4 is 29.0 Å². The molecule has 0 saturated carbocycles. The number of carbonyl (C=O) groups is 1. The molecule has 0 amide bonds. The van der Waals surface area contributed by atoms with Crippen LogP contribution in [0.15, 0.2) is 35.5 Å². The Hall–Kier alpha value is -2.52. The molecule has 2 N–H and O–H groups in total. The van der Waals surface area contributed by atoms with Crippen LogP contribution in [0.1, 0.15) is 18.5 Å². The predicted molar refractivity (Wildman–Crippen MR) is 90.2 cm³/mol. The number of carbonyl (C=O) groups excluding carboxylic acids is 1. The Bertz CT molecular complexity index is 704. The summed E-state index contributed by atoms with van der Waals surface area (Å²) < 4.78 is 10.0. The highest BCUT2D eigenvalue weighted by atomic mass is 32.1. The zero-order valence-corrected chi connectivity index (χ0v) is 14.0. The summed E-state index contributed by atoms with van der Waals surface area (Å²) >= 11 is 5.13. The monoisotopic (exact) mass is 351 g/mol. The molecule has 1 aliphatic rings. The molecule has 24 heavy (non-hydrogen) atoms. The standard InChI is InChI=1S/C15H17N3O5S/c1-9-12(14(19)23-7-6-22-2)13(17-15(24)16-9)10-4-3-5-11(8-10)18(20)21/h3-5,8,13H,6-7H2,1-2H3,(H2,16,17,24)/t13-/m1/s1. The number of rotatable bonds is 6. The number of esters is 1. The lowest BCUT2D eigenvalue weighted by molar-refractivity contribution is -0.384. The first-order valence-corrected chi connectivity index (χ1v) is 7.53. The van der Waals surface area contributed by atoms with Crippen LogP contribution in [-0.4, -0.2) is 36.3 Å². The second kappa shape index (κ2) is 7.84. The second-order valence-electron chi connectivity index (χ2n) is 5.05. The number of hydrogen-bond acceptors (Lipinski definition) is 6. The van der Waals surface area contributed by atoms with Gasteiger partial charge in [0.05, 0.1) is 23.1 Å². The summed E-state index contributed by atoms with van der Waals surface area (Å²) in [5.74, 6) is -0.538. The van der Waals surface area contributed by atoms with Crippen LogP contribution < -0.4 is 10.6 Å². The predicted octanol–water partition coefficient (Wildman–Crippen LogP) is 1.58. The first-order valence-electron chi connectivity index (χ1n) is 7.12. The quantitative estimate of drug-likeness (QED) is 0.262. The lowest BCUT2D eigenvalue weighted by Gasteiger charge is -2.29. The minimum atomic E-state index is -0.631. The topological polar surface area (TPSA) is 103 Å². The molecule has 9 heteroatoms. The molecule has 1 aliphatic heterocycles. The van der Waals surface area contributed by atoms with Crippen molar-refractivity contribution in [1.82, 2.24) is 10.6 Å². The molecule has 0 spiro atoms. The van der Waals surface area contributed by atoms with Gasteiger partial charge in [-0.3, -0.25) is 10.1 Å². The Balaban J connectivity index is 2.36. The number of non-ortho nitro benzene ring substituents is 1. The number of hydrogen-bond donors (Lipinski definition) is 2. The summed E-state index contributed by atoms with van der Waals surface area (Å²) in [7, 11) is 1.51. The summed E-state index contributed by atoms with van der Waals surface area (Å²) in [6.45, 7) is 2.08. The van der Waals surface area contributed by atoms with Crippen molar-refractivity contribution in [2.75, 3.05) is 20.3 Å². The smallest absolute Gasteiger partial charge is 0.338 e. The number of nitrogens with zero attached hydrogens (tertiary/aromatic N) is 1. The van der Waals surface area contributed by atoms with Gasteiger partial charge < -0.3 is 20.1 Å². The number of nitrogens with one attached hydrogen (secondary N) is 2. The molecule has 1 heterocycles. The van der Waals surface area contributed by atoms with Crippen molar-refractivity contribution in [2.24, 2.45) is 0 Å². The number of benzene rings is 1. The van der Waals surface area contributed by atoms with Crippen molar-refractivity contribution < 1.29 is 19.2 Å². The Morgan fingerprint density at radius 3 is 2.83 bits per heavy atom. The van der Waals surface area contributed by atoms with Crippen molar-refractivity contribution in [3.05, 3.63) is 51.2 Å². The van der Waals surface area contributed by atoms with Gasteiger partial charge in [0.15, 0.2) is 5.11 Å². The van der Waals surface area contributed by atoms with E-state index in [9.17, 15) is 14.9 Å². The summed E-state index contributed by atoms with van der Waals surface area (Å²) in [4.78, 5) is 22.9. The largest absolute Gasteiger partial charge is 0.460 e. The van der Waals surface area contributed by atoms with Gasteiger partial charge in [0.25, 0.3) is 5.69 Å². The molecule has 0 bridgehead atoms. The van der Waals surface area contributed by atoms with Gasteiger partial charge in [-0.2, -0.15) is 0 Å². The fourth-order valence-electron chi connectivity index (χ4n) is 2.33. The van der Waals surface area contributed by atoms with Crippen LogP contribution in [0.4, 0.5) is 5.69 Å². The van der Waals surface area contributed by atoms with E-state index in [1.165, 1.54) is 19.2 Å². The van der Waals surface area contributed by atoms with Gasteiger partial charge in [-0.25, -0.2) is 4.79 Å². The number of thiocarbonyl (C=S) groups is 1. The van der Waals surface area contributed by atoms with E-state index >= 15 is 0 Å². The summed E-state index contributed by atoms with van der Waals surface area (Å²) in [6.07, 6.45) is 0. The molecule has 128 valence electrons. The van der Waals surface area contributed by atoms with Gasteiger partial charge in [0.1, 0.15) is 6.61 Å². The van der Waals surface area contributed by atoms with Crippen LogP contribution in [0.3, 0.4) is 0 Å². The van der Waals surface area contributed by atoms with Crippen LogP contribution in [-0.2, 0) is 14.3 Å². The molecule has 0 unspecified atom stereocenters. The molecular weight excluding hydrogens is 334 g/mol. The third kappa shape index (κ3) is 4.06. The summed E-state index contributed by atoms with van der Waals surface area (Å²) in [6, 6.07) is 5.41. The number of nitro benzene ring substituents is 1. The van der Waals surface area contributed by atoms with Crippen molar-refractivity contribution in [3.63, 3.8) is 0 Å². The summed E-state index contributed by atoms with van der Waals surface area (Å²) in [5, 5.41) is 17.1. The molecule has 1 aromatic rings. The Labute approximate surface area is 144 Å². The van der Waals surface area contributed by atoms with E-state index in [4.69, 9.17) is 21.7 Å². The molecule has 0 radical (unpaired) electrons. The van der Waals surface area contributed by atoms with E-state index in [2.05, 4.69) is 10.6 Å². The number of ether oxygens (including phenoxy) is 2. The van der Waals surface area contributed by atoms with Gasteiger partial charge in [-0.05, 0) is 24.7 Å². The molecule has 0 aromatic heterocycles. The van der Waals surface area contributed by atoms with E-state index < -0.39 is 16.9 Å². The minimum Gasteiger partial charge on any atom is -0.460 e. The number of allylic oxidation sites excluding steroid dienone is 1. The Morgan fingerprint density at radius 1 is 1.42 bits per heavy atom. The number of nitro groups is 1. The van der Waals surface area contributed by atoms with Crippen molar-refractivity contribution in [3.8, 4) is 0 Å². The molecule has 0 saturated heterocycles. The van der Waals surface area contributed by atoms with Crippen LogP contribution in [0.2, 0.25) is 0 Å². The van der Waals surface area contributed by atoms with Crippen molar-refractivity contribution in [1.29, 1.82) is 0 Å². The molecule has 2 rings (SSSR count). The fourth-order valence-corrected chi connectivity index (χ4v) is 2.60. The fraction of sp³-hybridized carbons (Fsp3) is 0.333. The molecular formula is C15H17N3O5S. The highest BCUT2D eigenvalue weighted by Crippen LogP contribution is 2.29. The van der Waals surface area contributed by atoms with E-state index in [-0.39, 0.29) is 18.9 Å². The first-order chi connectivity index (χ1) is 11.4. The Kier molecular flexibility index (Phi) is 5.83. The minimum absolute atomic E-state index is 0.0662. The summed E-state index contributed by atoms with van der Waals surface area (Å²) in [5.41, 5.74) is 1.34. The Morgan fingerprint density at radius 2 is 2.17 bits per heavy atom. The van der Waals surface area contributed by atoms with Gasteiger partial charge in [0, 0.05) is 24.9 Å². The second-order valence-corrected chi connectivity index (χ2v) is 5.46. The average Bonchev–Trinajstić information content (AvgIpc) is 2.54. The highest BCUT2D eigenvalue weighted by Gasteiger charge is 2.31. The molecule has 0 fully saturated rings. The van der Waals surface area contributed by atoms with Gasteiger partial charge >= 0.3 is 5.97 Å². The lowest BCUT2D eigenvalue weighted by atomic mass is 9.95. The third-order valence-electron chi connectivity index (χ3n) is 3.42. The lowest BCUT2D eigenvalue weighted by Crippen LogP contribution is -2.45. The van der Waals surface area contributed by atoms with Crippen molar-refractivity contribution in [2.45, 2.75) is 13.0 Å². The maximum absolute atomic E-state index is 12.4. The van der Waals surface area contributed by atoms with Gasteiger partial charge in [0.2, 0.25) is 0 Å². The zero-order chi connectivity index (χ0) is 17.7. The molecule has 0 aliphatic carbocycles. The van der Waals surface area contributed by atoms with Crippen LogP contribution in [0, 0.1) is 10.1 Å². The van der Waals surface area contributed by atoms with Crippen LogP contribution in [0.25, 0.3) is 0 Å². The number of methoxy groups -OCH3 is 1. The van der Waals surface area contributed by atoms with E-state index in [1.807, 2.05) is 0 Å². The molecule has 1 atom stereocenters. The molecule has 8 nitrogen and oxygen atoms in total. The SMILES string of the molecule is COCCOC(=O)C1=C(C)NC(=S)N[C@@H]1c1cccc([N+](=O)[O-])c1. The molecule has 1 aromatic carbocycles. The average molecular weight is 351 g/mol. The van der Waals surface area contributed by atoms with E-state index in [0.29, 0.717) is 21.9 Å². The van der Waals surface area contributed by atoms with E-state index in [1.54, 1.807) is 19.1 Å². The third-order valence-corrected chi connectivity index (χ3v) is 3.64. The van der Waals surface area contributed by atoms with Crippen LogP contribution >= 0.6 is 12.2 Å². The maximum Gasteiger partial charge on any atom is 0.338 e. The van der Waals surface area contributed by atoms with E-state index in [0.717, 1.165) is 0 Å². The van der Waals surface area contributed by atoms with Crippen LogP contribution in [0.5, 0.6) is 0 Å². The highest BCUT2D eigenvalue weighted by molar-refractivity contribution is 7.80.